The summed E-state index contributed by atoms with van der Waals surface area (Å²) in [6.07, 6.45) is 7.08. The van der Waals surface area contributed by atoms with Gasteiger partial charge >= 0.3 is 6.03 Å². The van der Waals surface area contributed by atoms with Crippen LogP contribution in [-0.2, 0) is 17.6 Å². The second-order valence-electron chi connectivity index (χ2n) is 7.87. The number of rotatable bonds is 3. The number of ether oxygens (including phenoxy) is 1. The van der Waals surface area contributed by atoms with Crippen molar-refractivity contribution in [3.8, 4) is 5.75 Å². The van der Waals surface area contributed by atoms with Gasteiger partial charge in [0.05, 0.1) is 13.0 Å². The average molecular weight is 371 g/mol. The lowest BCUT2D eigenvalue weighted by molar-refractivity contribution is -0.131. The number of hydrogen-bond acceptors (Lipinski definition) is 3. The summed E-state index contributed by atoms with van der Waals surface area (Å²) in [4.78, 5) is 28.8. The van der Waals surface area contributed by atoms with Crippen molar-refractivity contribution in [3.63, 3.8) is 0 Å². The molecule has 6 nitrogen and oxygen atoms in total. The maximum atomic E-state index is 12.7. The Labute approximate surface area is 160 Å². The molecule has 2 fully saturated rings. The predicted molar refractivity (Wildman–Crippen MR) is 103 cm³/mol. The van der Waals surface area contributed by atoms with Crippen molar-refractivity contribution in [2.24, 2.45) is 0 Å². The van der Waals surface area contributed by atoms with Gasteiger partial charge in [-0.3, -0.25) is 4.79 Å². The third-order valence-electron chi connectivity index (χ3n) is 5.93. The van der Waals surface area contributed by atoms with E-state index in [0.29, 0.717) is 38.6 Å². The highest BCUT2D eigenvalue weighted by Crippen LogP contribution is 2.26. The standard InChI is InChI=1S/C21H29N3O3/c25-20(15-16-7-8-19-17(14-16)4-3-13-27-19)23-9-11-24(12-10-23)21(26)22-18-5-1-2-6-18/h7-8,14,18H,1-6,9-13,15H2,(H,22,26). The van der Waals surface area contributed by atoms with Gasteiger partial charge in [0.1, 0.15) is 5.75 Å². The van der Waals surface area contributed by atoms with Crippen LogP contribution in [0.1, 0.15) is 43.2 Å². The number of benzene rings is 1. The van der Waals surface area contributed by atoms with E-state index >= 15 is 0 Å². The van der Waals surface area contributed by atoms with Gasteiger partial charge < -0.3 is 19.9 Å². The van der Waals surface area contributed by atoms with Crippen LogP contribution in [0.5, 0.6) is 5.75 Å². The topological polar surface area (TPSA) is 61.9 Å². The number of nitrogens with one attached hydrogen (secondary N) is 1. The molecular formula is C21H29N3O3. The predicted octanol–water partition coefficient (Wildman–Crippen LogP) is 2.35. The second-order valence-corrected chi connectivity index (χ2v) is 7.87. The molecule has 0 bridgehead atoms. The van der Waals surface area contributed by atoms with Gasteiger partial charge in [-0.15, -0.1) is 0 Å². The number of nitrogens with zero attached hydrogens (tertiary/aromatic N) is 2. The third kappa shape index (κ3) is 4.37. The van der Waals surface area contributed by atoms with Crippen LogP contribution in [0.3, 0.4) is 0 Å². The molecule has 3 aliphatic rings. The Morgan fingerprint density at radius 1 is 1.04 bits per heavy atom. The SMILES string of the molecule is O=C(Cc1ccc2c(c1)CCCO2)N1CCN(C(=O)NC2CCCC2)CC1. The summed E-state index contributed by atoms with van der Waals surface area (Å²) in [6.45, 7) is 3.24. The van der Waals surface area contributed by atoms with E-state index in [4.69, 9.17) is 4.74 Å². The van der Waals surface area contributed by atoms with Crippen LogP contribution in [0.2, 0.25) is 0 Å². The van der Waals surface area contributed by atoms with Gasteiger partial charge in [-0.05, 0) is 42.9 Å². The van der Waals surface area contributed by atoms with Crippen molar-refractivity contribution in [1.29, 1.82) is 0 Å². The first kappa shape index (κ1) is 18.1. The van der Waals surface area contributed by atoms with E-state index in [1.807, 2.05) is 21.9 Å². The maximum absolute atomic E-state index is 12.7. The van der Waals surface area contributed by atoms with Gasteiger partial charge in [0, 0.05) is 32.2 Å². The summed E-state index contributed by atoms with van der Waals surface area (Å²) in [6, 6.07) is 6.46. The summed E-state index contributed by atoms with van der Waals surface area (Å²) in [5, 5.41) is 3.13. The smallest absolute Gasteiger partial charge is 0.317 e. The summed E-state index contributed by atoms with van der Waals surface area (Å²) < 4.78 is 5.64. The summed E-state index contributed by atoms with van der Waals surface area (Å²) in [5.41, 5.74) is 2.26. The first-order valence-electron chi connectivity index (χ1n) is 10.3. The molecule has 1 N–H and O–H groups in total. The maximum Gasteiger partial charge on any atom is 0.317 e. The minimum Gasteiger partial charge on any atom is -0.493 e. The monoisotopic (exact) mass is 371 g/mol. The van der Waals surface area contributed by atoms with Gasteiger partial charge in [0.15, 0.2) is 0 Å². The highest BCUT2D eigenvalue weighted by Gasteiger charge is 2.26. The third-order valence-corrected chi connectivity index (χ3v) is 5.93. The Hall–Kier alpha value is -2.24. The number of urea groups is 1. The molecule has 1 saturated heterocycles. The van der Waals surface area contributed by atoms with Crippen molar-refractivity contribution < 1.29 is 14.3 Å². The van der Waals surface area contributed by atoms with Gasteiger partial charge in [-0.2, -0.15) is 0 Å². The average Bonchev–Trinajstić information content (AvgIpc) is 3.21. The first-order valence-corrected chi connectivity index (χ1v) is 10.3. The molecular weight excluding hydrogens is 342 g/mol. The number of fused-ring (bicyclic) bond motifs is 1. The van der Waals surface area contributed by atoms with Gasteiger partial charge in [0.2, 0.25) is 5.91 Å². The molecule has 4 rings (SSSR count). The molecule has 0 spiro atoms. The van der Waals surface area contributed by atoms with E-state index in [2.05, 4.69) is 11.4 Å². The fourth-order valence-corrected chi connectivity index (χ4v) is 4.31. The van der Waals surface area contributed by atoms with Crippen LogP contribution in [0.4, 0.5) is 4.79 Å². The first-order chi connectivity index (χ1) is 13.2. The Balaban J connectivity index is 1.26. The van der Waals surface area contributed by atoms with Crippen LogP contribution < -0.4 is 10.1 Å². The molecule has 1 aliphatic carbocycles. The van der Waals surface area contributed by atoms with Crippen LogP contribution in [0.25, 0.3) is 0 Å². The molecule has 1 aromatic carbocycles. The number of carbonyl (C=O) groups is 2. The van der Waals surface area contributed by atoms with Crippen molar-refractivity contribution >= 4 is 11.9 Å². The van der Waals surface area contributed by atoms with E-state index in [1.54, 1.807) is 0 Å². The molecule has 27 heavy (non-hydrogen) atoms. The number of amides is 3. The number of piperazine rings is 1. The van der Waals surface area contributed by atoms with Crippen molar-refractivity contribution in [2.45, 2.75) is 51.0 Å². The molecule has 3 amide bonds. The van der Waals surface area contributed by atoms with E-state index in [1.165, 1.54) is 18.4 Å². The quantitative estimate of drug-likeness (QED) is 0.887. The highest BCUT2D eigenvalue weighted by atomic mass is 16.5. The number of hydrogen-bond donors (Lipinski definition) is 1. The molecule has 0 aromatic heterocycles. The minimum atomic E-state index is 0.0312. The number of aryl methyl sites for hydroxylation is 1. The molecule has 2 heterocycles. The molecule has 146 valence electrons. The zero-order valence-corrected chi connectivity index (χ0v) is 15.9. The van der Waals surface area contributed by atoms with Gasteiger partial charge in [0.25, 0.3) is 0 Å². The fraction of sp³-hybridized carbons (Fsp3) is 0.619. The van der Waals surface area contributed by atoms with Crippen LogP contribution >= 0.6 is 0 Å². The molecule has 6 heteroatoms. The minimum absolute atomic E-state index is 0.0312. The van der Waals surface area contributed by atoms with E-state index in [0.717, 1.165) is 43.6 Å². The largest absolute Gasteiger partial charge is 0.493 e. The van der Waals surface area contributed by atoms with E-state index in [9.17, 15) is 9.59 Å². The lowest BCUT2D eigenvalue weighted by Gasteiger charge is -2.35. The van der Waals surface area contributed by atoms with E-state index in [-0.39, 0.29) is 11.9 Å². The van der Waals surface area contributed by atoms with E-state index < -0.39 is 0 Å². The Bertz CT molecular complexity index is 692. The normalized spacial score (nSPS) is 20.1. The molecule has 1 saturated carbocycles. The zero-order chi connectivity index (χ0) is 18.6. The van der Waals surface area contributed by atoms with Crippen LogP contribution in [0.15, 0.2) is 18.2 Å². The van der Waals surface area contributed by atoms with Gasteiger partial charge in [-0.25, -0.2) is 4.79 Å². The van der Waals surface area contributed by atoms with Crippen molar-refractivity contribution in [3.05, 3.63) is 29.3 Å². The van der Waals surface area contributed by atoms with Crippen molar-refractivity contribution in [2.75, 3.05) is 32.8 Å². The zero-order valence-electron chi connectivity index (χ0n) is 15.9. The molecule has 0 unspecified atom stereocenters. The van der Waals surface area contributed by atoms with Crippen LogP contribution in [0, 0.1) is 0 Å². The van der Waals surface area contributed by atoms with Crippen LogP contribution in [-0.4, -0.2) is 60.6 Å². The highest BCUT2D eigenvalue weighted by molar-refractivity contribution is 5.80. The summed E-state index contributed by atoms with van der Waals surface area (Å²) in [5.74, 6) is 1.10. The molecule has 0 atom stereocenters. The molecule has 2 aliphatic heterocycles. The lowest BCUT2D eigenvalue weighted by Crippen LogP contribution is -2.54. The Morgan fingerprint density at radius 2 is 1.78 bits per heavy atom. The van der Waals surface area contributed by atoms with Crippen molar-refractivity contribution in [1.82, 2.24) is 15.1 Å². The molecule has 1 aromatic rings. The Morgan fingerprint density at radius 3 is 2.56 bits per heavy atom. The summed E-state index contributed by atoms with van der Waals surface area (Å²) in [7, 11) is 0. The number of carbonyl (C=O) groups excluding carboxylic acids is 2. The summed E-state index contributed by atoms with van der Waals surface area (Å²) >= 11 is 0. The molecule has 0 radical (unpaired) electrons. The lowest BCUT2D eigenvalue weighted by atomic mass is 10.0. The van der Waals surface area contributed by atoms with Gasteiger partial charge in [-0.1, -0.05) is 25.0 Å². The second kappa shape index (κ2) is 8.19. The fourth-order valence-electron chi connectivity index (χ4n) is 4.31. The Kier molecular flexibility index (Phi) is 5.50.